The third kappa shape index (κ3) is 5.64. The Morgan fingerprint density at radius 2 is 1.55 bits per heavy atom. The first-order valence-corrected chi connectivity index (χ1v) is 11.4. The number of ether oxygens (including phenoxy) is 1. The summed E-state index contributed by atoms with van der Waals surface area (Å²) in [6, 6.07) is 21.8. The van der Waals surface area contributed by atoms with Gasteiger partial charge in [0.25, 0.3) is 15.9 Å². The number of anilines is 2. The second-order valence-electron chi connectivity index (χ2n) is 7.52. The highest BCUT2D eigenvalue weighted by atomic mass is 32.2. The Bertz CT molecular complexity index is 1110. The van der Waals surface area contributed by atoms with Crippen molar-refractivity contribution >= 4 is 27.3 Å². The minimum atomic E-state index is -3.70. The number of amides is 1. The third-order valence-electron chi connectivity index (χ3n) is 4.59. The molecule has 0 spiro atoms. The zero-order valence-corrected chi connectivity index (χ0v) is 18.6. The zero-order valence-electron chi connectivity index (χ0n) is 17.8. The van der Waals surface area contributed by atoms with Crippen LogP contribution in [0.2, 0.25) is 0 Å². The van der Waals surface area contributed by atoms with Gasteiger partial charge in [-0.15, -0.1) is 0 Å². The van der Waals surface area contributed by atoms with Crippen LogP contribution >= 0.6 is 0 Å². The van der Waals surface area contributed by atoms with Gasteiger partial charge in [0, 0.05) is 18.3 Å². The molecule has 0 atom stereocenters. The predicted octanol–water partition coefficient (Wildman–Crippen LogP) is 4.80. The summed E-state index contributed by atoms with van der Waals surface area (Å²) < 4.78 is 32.5. The van der Waals surface area contributed by atoms with Crippen LogP contribution in [0, 0.1) is 5.92 Å². The number of carbonyl (C=O) groups is 1. The fraction of sp³-hybridized carbons (Fsp3) is 0.208. The van der Waals surface area contributed by atoms with E-state index >= 15 is 0 Å². The predicted molar refractivity (Wildman–Crippen MR) is 123 cm³/mol. The number of para-hydroxylation sites is 1. The van der Waals surface area contributed by atoms with Gasteiger partial charge in [0.1, 0.15) is 5.75 Å². The van der Waals surface area contributed by atoms with Gasteiger partial charge in [0.2, 0.25) is 0 Å². The number of carbonyl (C=O) groups excluding carboxylic acids is 1. The molecule has 1 amide bonds. The molecule has 162 valence electrons. The highest BCUT2D eigenvalue weighted by Gasteiger charge is 2.21. The lowest BCUT2D eigenvalue weighted by atomic mass is 10.2. The lowest BCUT2D eigenvalue weighted by molar-refractivity contribution is 0.102. The highest BCUT2D eigenvalue weighted by Crippen LogP contribution is 2.23. The van der Waals surface area contributed by atoms with Crippen molar-refractivity contribution in [3.8, 4) is 5.75 Å². The van der Waals surface area contributed by atoms with Crippen LogP contribution in [-0.4, -0.2) is 28.0 Å². The van der Waals surface area contributed by atoms with Crippen LogP contribution in [0.3, 0.4) is 0 Å². The van der Waals surface area contributed by atoms with Gasteiger partial charge in [-0.1, -0.05) is 32.0 Å². The number of rotatable bonds is 8. The van der Waals surface area contributed by atoms with E-state index in [0.717, 1.165) is 0 Å². The van der Waals surface area contributed by atoms with E-state index in [1.165, 1.54) is 23.5 Å². The summed E-state index contributed by atoms with van der Waals surface area (Å²) in [5, 5.41) is 2.78. The molecule has 0 aliphatic carbocycles. The molecule has 1 N–H and O–H groups in total. The quantitative estimate of drug-likeness (QED) is 0.548. The number of hydrogen-bond acceptors (Lipinski definition) is 4. The van der Waals surface area contributed by atoms with Crippen LogP contribution in [-0.2, 0) is 10.0 Å². The van der Waals surface area contributed by atoms with E-state index in [0.29, 0.717) is 35.2 Å². The molecule has 0 aromatic heterocycles. The molecule has 31 heavy (non-hydrogen) atoms. The number of sulfonamides is 1. The second-order valence-corrected chi connectivity index (χ2v) is 9.49. The first-order valence-electron chi connectivity index (χ1n) is 9.95. The van der Waals surface area contributed by atoms with Gasteiger partial charge >= 0.3 is 0 Å². The third-order valence-corrected chi connectivity index (χ3v) is 6.39. The average molecular weight is 439 g/mol. The van der Waals surface area contributed by atoms with Gasteiger partial charge in [-0.3, -0.25) is 9.10 Å². The fourth-order valence-corrected chi connectivity index (χ4v) is 4.01. The van der Waals surface area contributed by atoms with Crippen molar-refractivity contribution in [3.05, 3.63) is 84.4 Å². The molecule has 0 aliphatic rings. The van der Waals surface area contributed by atoms with Crippen LogP contribution in [0.25, 0.3) is 0 Å². The second kappa shape index (κ2) is 9.66. The average Bonchev–Trinajstić information content (AvgIpc) is 2.78. The summed E-state index contributed by atoms with van der Waals surface area (Å²) in [4.78, 5) is 12.6. The summed E-state index contributed by atoms with van der Waals surface area (Å²) in [7, 11) is -2.19. The van der Waals surface area contributed by atoms with Crippen molar-refractivity contribution in [2.45, 2.75) is 18.7 Å². The number of hydrogen-bond donors (Lipinski definition) is 1. The van der Waals surface area contributed by atoms with Gasteiger partial charge in [-0.05, 0) is 66.6 Å². The molecule has 3 rings (SSSR count). The summed E-state index contributed by atoms with van der Waals surface area (Å²) in [6.07, 6.45) is 0. The zero-order chi connectivity index (χ0) is 22.4. The Hall–Kier alpha value is -3.32. The Labute approximate surface area is 183 Å². The molecular weight excluding hydrogens is 412 g/mol. The van der Waals surface area contributed by atoms with E-state index < -0.39 is 10.0 Å². The lowest BCUT2D eigenvalue weighted by Gasteiger charge is -2.19. The highest BCUT2D eigenvalue weighted by molar-refractivity contribution is 7.92. The normalized spacial score (nSPS) is 11.2. The van der Waals surface area contributed by atoms with Crippen molar-refractivity contribution in [1.29, 1.82) is 0 Å². The Morgan fingerprint density at radius 1 is 0.935 bits per heavy atom. The maximum absolute atomic E-state index is 12.8. The lowest BCUT2D eigenvalue weighted by Crippen LogP contribution is -2.26. The summed E-state index contributed by atoms with van der Waals surface area (Å²) >= 11 is 0. The monoisotopic (exact) mass is 438 g/mol. The maximum atomic E-state index is 12.8. The van der Waals surface area contributed by atoms with Crippen molar-refractivity contribution < 1.29 is 17.9 Å². The van der Waals surface area contributed by atoms with Crippen LogP contribution in [0.1, 0.15) is 24.2 Å². The number of nitrogens with zero attached hydrogens (tertiary/aromatic N) is 1. The Balaban J connectivity index is 1.67. The fourth-order valence-electron chi connectivity index (χ4n) is 2.81. The van der Waals surface area contributed by atoms with Gasteiger partial charge in [0.15, 0.2) is 0 Å². The summed E-state index contributed by atoms with van der Waals surface area (Å²) in [6.45, 7) is 4.75. The molecule has 0 aliphatic heterocycles. The van der Waals surface area contributed by atoms with E-state index in [-0.39, 0.29) is 10.8 Å². The minimum Gasteiger partial charge on any atom is -0.493 e. The van der Waals surface area contributed by atoms with E-state index in [9.17, 15) is 13.2 Å². The topological polar surface area (TPSA) is 75.7 Å². The molecule has 0 bridgehead atoms. The van der Waals surface area contributed by atoms with Crippen LogP contribution in [0.4, 0.5) is 11.4 Å². The smallest absolute Gasteiger partial charge is 0.264 e. The molecule has 0 heterocycles. The molecule has 6 nitrogen and oxygen atoms in total. The van der Waals surface area contributed by atoms with E-state index in [1.54, 1.807) is 60.7 Å². The van der Waals surface area contributed by atoms with E-state index in [4.69, 9.17) is 4.74 Å². The molecule has 0 unspecified atom stereocenters. The van der Waals surface area contributed by atoms with Crippen LogP contribution in [0.15, 0.2) is 83.8 Å². The summed E-state index contributed by atoms with van der Waals surface area (Å²) in [5.41, 5.74) is 1.56. The van der Waals surface area contributed by atoms with Gasteiger partial charge in [-0.2, -0.15) is 0 Å². The molecule has 0 saturated carbocycles. The SMILES string of the molecule is CC(C)COc1ccc(C(=O)Nc2ccc(S(=O)(=O)N(C)c3ccccc3)cc2)cc1. The van der Waals surface area contributed by atoms with Gasteiger partial charge in [0.05, 0.1) is 17.2 Å². The van der Waals surface area contributed by atoms with Crippen molar-refractivity contribution in [2.24, 2.45) is 5.92 Å². The Morgan fingerprint density at radius 3 is 2.13 bits per heavy atom. The van der Waals surface area contributed by atoms with Gasteiger partial charge in [-0.25, -0.2) is 8.42 Å². The van der Waals surface area contributed by atoms with E-state index in [1.807, 2.05) is 6.07 Å². The van der Waals surface area contributed by atoms with Crippen molar-refractivity contribution in [2.75, 3.05) is 23.3 Å². The molecule has 0 fully saturated rings. The minimum absolute atomic E-state index is 0.142. The van der Waals surface area contributed by atoms with Crippen LogP contribution in [0.5, 0.6) is 5.75 Å². The first-order chi connectivity index (χ1) is 14.8. The molecular formula is C24H26N2O4S. The maximum Gasteiger partial charge on any atom is 0.264 e. The molecule has 0 radical (unpaired) electrons. The largest absolute Gasteiger partial charge is 0.493 e. The summed E-state index contributed by atoms with van der Waals surface area (Å²) in [5.74, 6) is 0.844. The first kappa shape index (κ1) is 22.4. The Kier molecular flexibility index (Phi) is 6.97. The number of nitrogens with one attached hydrogen (secondary N) is 1. The van der Waals surface area contributed by atoms with Crippen molar-refractivity contribution in [3.63, 3.8) is 0 Å². The number of benzene rings is 3. The van der Waals surface area contributed by atoms with Crippen LogP contribution < -0.4 is 14.4 Å². The molecule has 0 saturated heterocycles. The standard InChI is InChI=1S/C24H26N2O4S/c1-18(2)17-30-22-13-9-19(10-14-22)24(27)25-20-11-15-23(16-12-20)31(28,29)26(3)21-7-5-4-6-8-21/h4-16,18H,17H2,1-3H3,(H,25,27). The van der Waals surface area contributed by atoms with E-state index in [2.05, 4.69) is 19.2 Å². The van der Waals surface area contributed by atoms with Gasteiger partial charge < -0.3 is 10.1 Å². The van der Waals surface area contributed by atoms with Crippen molar-refractivity contribution in [1.82, 2.24) is 0 Å². The molecule has 3 aromatic rings. The molecule has 7 heteroatoms. The molecule has 3 aromatic carbocycles.